The summed E-state index contributed by atoms with van der Waals surface area (Å²) >= 11 is 3.68. The molecule has 2 rings (SSSR count). The average Bonchev–Trinajstić information content (AvgIpc) is 2.58. The standard InChI is InChI=1S/C13H19BrN2/c1-15-8-4-5-10-9-16(2)12-7-3-6-11(14)13(10)12/h3,6-7,10,15H,4-5,8-9H2,1-2H3. The van der Waals surface area contributed by atoms with Crippen molar-refractivity contribution in [3.63, 3.8) is 0 Å². The Kier molecular flexibility index (Phi) is 3.87. The van der Waals surface area contributed by atoms with Crippen LogP contribution in [-0.4, -0.2) is 27.2 Å². The quantitative estimate of drug-likeness (QED) is 0.855. The fourth-order valence-electron chi connectivity index (χ4n) is 2.54. The second kappa shape index (κ2) is 5.19. The van der Waals surface area contributed by atoms with Crippen molar-refractivity contribution in [1.29, 1.82) is 0 Å². The number of hydrogen-bond acceptors (Lipinski definition) is 2. The van der Waals surface area contributed by atoms with Gasteiger partial charge in [0.2, 0.25) is 0 Å². The molecule has 1 aromatic rings. The molecule has 1 aliphatic rings. The molecule has 1 unspecified atom stereocenters. The van der Waals surface area contributed by atoms with E-state index in [0.717, 1.165) is 13.1 Å². The van der Waals surface area contributed by atoms with Gasteiger partial charge in [0, 0.05) is 29.7 Å². The number of rotatable bonds is 4. The highest BCUT2D eigenvalue weighted by molar-refractivity contribution is 9.10. The highest BCUT2D eigenvalue weighted by Gasteiger charge is 2.27. The van der Waals surface area contributed by atoms with Crippen molar-refractivity contribution in [2.24, 2.45) is 0 Å². The highest BCUT2D eigenvalue weighted by Crippen LogP contribution is 2.41. The molecule has 16 heavy (non-hydrogen) atoms. The van der Waals surface area contributed by atoms with Crippen LogP contribution in [0.5, 0.6) is 0 Å². The summed E-state index contributed by atoms with van der Waals surface area (Å²) in [5.74, 6) is 0.684. The van der Waals surface area contributed by atoms with E-state index < -0.39 is 0 Å². The number of nitrogens with zero attached hydrogens (tertiary/aromatic N) is 1. The first-order chi connectivity index (χ1) is 7.74. The number of anilines is 1. The van der Waals surface area contributed by atoms with E-state index in [1.54, 1.807) is 0 Å². The third kappa shape index (κ3) is 2.25. The van der Waals surface area contributed by atoms with Crippen molar-refractivity contribution in [2.45, 2.75) is 18.8 Å². The molecule has 0 spiro atoms. The van der Waals surface area contributed by atoms with Gasteiger partial charge in [-0.2, -0.15) is 0 Å². The topological polar surface area (TPSA) is 15.3 Å². The molecule has 2 nitrogen and oxygen atoms in total. The molecule has 0 saturated carbocycles. The second-order valence-corrected chi connectivity index (χ2v) is 5.35. The maximum Gasteiger partial charge on any atom is 0.0411 e. The molecular weight excluding hydrogens is 264 g/mol. The van der Waals surface area contributed by atoms with Gasteiger partial charge >= 0.3 is 0 Å². The lowest BCUT2D eigenvalue weighted by Crippen LogP contribution is -2.16. The van der Waals surface area contributed by atoms with Crippen LogP contribution in [0.15, 0.2) is 22.7 Å². The number of halogens is 1. The number of hydrogen-bond donors (Lipinski definition) is 1. The Morgan fingerprint density at radius 2 is 2.31 bits per heavy atom. The first-order valence-corrected chi connectivity index (χ1v) is 6.67. The molecule has 0 aliphatic carbocycles. The second-order valence-electron chi connectivity index (χ2n) is 4.50. The normalized spacial score (nSPS) is 18.9. The molecule has 0 amide bonds. The third-order valence-electron chi connectivity index (χ3n) is 3.32. The number of likely N-dealkylation sites (N-methyl/N-ethyl adjacent to an activating group) is 1. The van der Waals surface area contributed by atoms with E-state index in [1.165, 1.54) is 28.6 Å². The zero-order valence-electron chi connectivity index (χ0n) is 9.96. The largest absolute Gasteiger partial charge is 0.374 e. The van der Waals surface area contributed by atoms with Gasteiger partial charge in [0.1, 0.15) is 0 Å². The van der Waals surface area contributed by atoms with Gasteiger partial charge in [0.15, 0.2) is 0 Å². The molecule has 0 bridgehead atoms. The molecule has 1 N–H and O–H groups in total. The lowest BCUT2D eigenvalue weighted by atomic mass is 9.96. The molecule has 1 aromatic carbocycles. The van der Waals surface area contributed by atoms with E-state index >= 15 is 0 Å². The van der Waals surface area contributed by atoms with Crippen molar-refractivity contribution in [3.8, 4) is 0 Å². The SMILES string of the molecule is CNCCCC1CN(C)c2cccc(Br)c21. The Hall–Kier alpha value is -0.540. The fourth-order valence-corrected chi connectivity index (χ4v) is 3.22. The third-order valence-corrected chi connectivity index (χ3v) is 4.01. The van der Waals surface area contributed by atoms with Gasteiger partial charge in [-0.3, -0.25) is 0 Å². The van der Waals surface area contributed by atoms with Crippen LogP contribution >= 0.6 is 15.9 Å². The molecule has 1 atom stereocenters. The summed E-state index contributed by atoms with van der Waals surface area (Å²) in [6.07, 6.45) is 2.51. The Morgan fingerprint density at radius 3 is 3.06 bits per heavy atom. The van der Waals surface area contributed by atoms with E-state index in [9.17, 15) is 0 Å². The van der Waals surface area contributed by atoms with Crippen molar-refractivity contribution in [2.75, 3.05) is 32.1 Å². The van der Waals surface area contributed by atoms with Crippen molar-refractivity contribution >= 4 is 21.6 Å². The maximum atomic E-state index is 3.68. The summed E-state index contributed by atoms with van der Waals surface area (Å²) < 4.78 is 1.27. The summed E-state index contributed by atoms with van der Waals surface area (Å²) in [4.78, 5) is 2.37. The zero-order chi connectivity index (χ0) is 11.5. The van der Waals surface area contributed by atoms with Crippen LogP contribution < -0.4 is 10.2 Å². The van der Waals surface area contributed by atoms with Crippen molar-refractivity contribution < 1.29 is 0 Å². The first kappa shape index (κ1) is 11.9. The minimum Gasteiger partial charge on any atom is -0.374 e. The van der Waals surface area contributed by atoms with Gasteiger partial charge < -0.3 is 10.2 Å². The molecule has 1 heterocycles. The minimum absolute atomic E-state index is 0.684. The predicted octanol–water partition coefficient (Wildman–Crippen LogP) is 2.98. The lowest BCUT2D eigenvalue weighted by Gasteiger charge is -2.12. The summed E-state index contributed by atoms with van der Waals surface area (Å²) in [6, 6.07) is 6.50. The molecule has 3 heteroatoms. The van der Waals surface area contributed by atoms with E-state index in [-0.39, 0.29) is 0 Å². The molecule has 0 fully saturated rings. The predicted molar refractivity (Wildman–Crippen MR) is 73.3 cm³/mol. The Balaban J connectivity index is 2.15. The average molecular weight is 283 g/mol. The smallest absolute Gasteiger partial charge is 0.0411 e. The summed E-state index contributed by atoms with van der Waals surface area (Å²) in [6.45, 7) is 2.27. The van der Waals surface area contributed by atoms with Crippen LogP contribution in [0.3, 0.4) is 0 Å². The molecular formula is C13H19BrN2. The van der Waals surface area contributed by atoms with Gasteiger partial charge in [-0.05, 0) is 44.1 Å². The van der Waals surface area contributed by atoms with Gasteiger partial charge in [-0.25, -0.2) is 0 Å². The van der Waals surface area contributed by atoms with Crippen LogP contribution in [0, 0.1) is 0 Å². The van der Waals surface area contributed by atoms with Gasteiger partial charge in [-0.15, -0.1) is 0 Å². The molecule has 1 aliphatic heterocycles. The lowest BCUT2D eigenvalue weighted by molar-refractivity contribution is 0.593. The van der Waals surface area contributed by atoms with Crippen molar-refractivity contribution in [1.82, 2.24) is 5.32 Å². The summed E-state index contributed by atoms with van der Waals surface area (Å²) in [5, 5.41) is 3.22. The number of fused-ring (bicyclic) bond motifs is 1. The number of nitrogens with one attached hydrogen (secondary N) is 1. The van der Waals surface area contributed by atoms with Crippen LogP contribution in [0.2, 0.25) is 0 Å². The summed E-state index contributed by atoms with van der Waals surface area (Å²) in [5.41, 5.74) is 2.89. The Labute approximate surface area is 106 Å². The highest BCUT2D eigenvalue weighted by atomic mass is 79.9. The first-order valence-electron chi connectivity index (χ1n) is 5.88. The van der Waals surface area contributed by atoms with E-state index in [2.05, 4.69) is 51.4 Å². The van der Waals surface area contributed by atoms with Gasteiger partial charge in [0.05, 0.1) is 0 Å². The van der Waals surface area contributed by atoms with Crippen LogP contribution in [0.1, 0.15) is 24.3 Å². The maximum absolute atomic E-state index is 3.68. The van der Waals surface area contributed by atoms with Crippen LogP contribution in [0.25, 0.3) is 0 Å². The Morgan fingerprint density at radius 1 is 1.50 bits per heavy atom. The van der Waals surface area contributed by atoms with Crippen LogP contribution in [0.4, 0.5) is 5.69 Å². The fraction of sp³-hybridized carbons (Fsp3) is 0.538. The Bertz CT molecular complexity index is 365. The summed E-state index contributed by atoms with van der Waals surface area (Å²) in [7, 11) is 4.20. The van der Waals surface area contributed by atoms with Crippen LogP contribution in [-0.2, 0) is 0 Å². The molecule has 88 valence electrons. The van der Waals surface area contributed by atoms with Crippen molar-refractivity contribution in [3.05, 3.63) is 28.2 Å². The van der Waals surface area contributed by atoms with E-state index in [0.29, 0.717) is 5.92 Å². The van der Waals surface area contributed by atoms with Gasteiger partial charge in [-0.1, -0.05) is 22.0 Å². The van der Waals surface area contributed by atoms with E-state index in [1.807, 2.05) is 7.05 Å². The molecule has 0 aromatic heterocycles. The number of benzene rings is 1. The monoisotopic (exact) mass is 282 g/mol. The minimum atomic E-state index is 0.684. The molecule has 0 saturated heterocycles. The zero-order valence-corrected chi connectivity index (χ0v) is 11.5. The van der Waals surface area contributed by atoms with Gasteiger partial charge in [0.25, 0.3) is 0 Å². The van der Waals surface area contributed by atoms with E-state index in [4.69, 9.17) is 0 Å². The molecule has 0 radical (unpaired) electrons.